The van der Waals surface area contributed by atoms with Crippen molar-refractivity contribution in [3.05, 3.63) is 23.6 Å². The van der Waals surface area contributed by atoms with Gasteiger partial charge in [-0.1, -0.05) is 0 Å². The summed E-state index contributed by atoms with van der Waals surface area (Å²) >= 11 is 0. The number of halogens is 1. The highest BCUT2D eigenvalue weighted by Gasteiger charge is 2.18. The van der Waals surface area contributed by atoms with Crippen LogP contribution in [0.1, 0.15) is 17.3 Å². The first-order valence-corrected chi connectivity index (χ1v) is 5.75. The van der Waals surface area contributed by atoms with Gasteiger partial charge in [0, 0.05) is 27.2 Å². The number of pyridine rings is 1. The Hall–Kier alpha value is -1.69. The van der Waals surface area contributed by atoms with Crippen LogP contribution in [0.5, 0.6) is 0 Å². The predicted molar refractivity (Wildman–Crippen MR) is 67.2 cm³/mol. The molecule has 1 N–H and O–H groups in total. The molecule has 0 radical (unpaired) electrons. The van der Waals surface area contributed by atoms with Gasteiger partial charge in [0.1, 0.15) is 11.6 Å². The summed E-state index contributed by atoms with van der Waals surface area (Å²) in [5.41, 5.74) is 0.232. The highest BCUT2D eigenvalue weighted by atomic mass is 19.1. The van der Waals surface area contributed by atoms with Gasteiger partial charge in [0.25, 0.3) is 5.91 Å². The Kier molecular flexibility index (Phi) is 5.51. The molecule has 100 valence electrons. The Morgan fingerprint density at radius 3 is 2.89 bits per heavy atom. The van der Waals surface area contributed by atoms with Crippen LogP contribution < -0.4 is 5.32 Å². The SMILES string of the molecule is CCN(CCOC)C(=O)c1cc(F)cnc1NC. The second-order valence-corrected chi connectivity index (χ2v) is 3.68. The van der Waals surface area contributed by atoms with Gasteiger partial charge in [0.05, 0.1) is 18.4 Å². The number of hydrogen-bond donors (Lipinski definition) is 1. The molecule has 0 unspecified atom stereocenters. The molecule has 0 aliphatic rings. The summed E-state index contributed by atoms with van der Waals surface area (Å²) in [4.78, 5) is 17.7. The number of anilines is 1. The van der Waals surface area contributed by atoms with Gasteiger partial charge in [-0.3, -0.25) is 4.79 Å². The number of ether oxygens (including phenoxy) is 1. The van der Waals surface area contributed by atoms with Gasteiger partial charge in [0.2, 0.25) is 0 Å². The third kappa shape index (κ3) is 3.40. The first-order chi connectivity index (χ1) is 8.63. The number of nitrogens with zero attached hydrogens (tertiary/aromatic N) is 2. The number of hydrogen-bond acceptors (Lipinski definition) is 4. The Morgan fingerprint density at radius 2 is 2.33 bits per heavy atom. The van der Waals surface area contributed by atoms with Crippen molar-refractivity contribution < 1.29 is 13.9 Å². The zero-order valence-corrected chi connectivity index (χ0v) is 10.9. The van der Waals surface area contributed by atoms with Gasteiger partial charge >= 0.3 is 0 Å². The van der Waals surface area contributed by atoms with Crippen LogP contribution in [0.15, 0.2) is 12.3 Å². The van der Waals surface area contributed by atoms with Crippen molar-refractivity contribution in [1.82, 2.24) is 9.88 Å². The summed E-state index contributed by atoms with van der Waals surface area (Å²) in [6, 6.07) is 1.19. The van der Waals surface area contributed by atoms with E-state index >= 15 is 0 Å². The molecule has 1 rings (SSSR count). The largest absolute Gasteiger partial charge is 0.383 e. The van der Waals surface area contributed by atoms with Crippen LogP contribution in [0, 0.1) is 5.82 Å². The molecule has 0 aliphatic heterocycles. The zero-order chi connectivity index (χ0) is 13.5. The summed E-state index contributed by atoms with van der Waals surface area (Å²) in [5, 5.41) is 2.78. The zero-order valence-electron chi connectivity index (χ0n) is 10.9. The van der Waals surface area contributed by atoms with Gasteiger partial charge in [-0.05, 0) is 13.0 Å². The van der Waals surface area contributed by atoms with Crippen LogP contribution in [0.3, 0.4) is 0 Å². The lowest BCUT2D eigenvalue weighted by Crippen LogP contribution is -2.34. The molecule has 0 bridgehead atoms. The number of amides is 1. The lowest BCUT2D eigenvalue weighted by atomic mass is 10.2. The maximum Gasteiger partial charge on any atom is 0.257 e. The molecule has 5 nitrogen and oxygen atoms in total. The van der Waals surface area contributed by atoms with Crippen LogP contribution in [0.2, 0.25) is 0 Å². The van der Waals surface area contributed by atoms with Crippen molar-refractivity contribution >= 4 is 11.7 Å². The van der Waals surface area contributed by atoms with Crippen LogP contribution in [-0.4, -0.2) is 49.6 Å². The van der Waals surface area contributed by atoms with Gasteiger partial charge in [0.15, 0.2) is 0 Å². The Balaban J connectivity index is 2.96. The highest BCUT2D eigenvalue weighted by molar-refractivity contribution is 5.98. The van der Waals surface area contributed by atoms with Crippen LogP contribution in [0.4, 0.5) is 10.2 Å². The lowest BCUT2D eigenvalue weighted by molar-refractivity contribution is 0.0706. The molecule has 18 heavy (non-hydrogen) atoms. The molecule has 0 fully saturated rings. The molecule has 0 aromatic carbocycles. The smallest absolute Gasteiger partial charge is 0.257 e. The quantitative estimate of drug-likeness (QED) is 0.834. The second kappa shape index (κ2) is 6.90. The van der Waals surface area contributed by atoms with Crippen molar-refractivity contribution in [2.24, 2.45) is 0 Å². The standard InChI is InChI=1S/C12H18FN3O2/c1-4-16(5-6-18-3)12(17)10-7-9(13)8-15-11(10)14-2/h7-8H,4-6H2,1-3H3,(H,14,15). The van der Waals surface area contributed by atoms with E-state index in [0.29, 0.717) is 25.5 Å². The fourth-order valence-electron chi connectivity index (χ4n) is 1.58. The average Bonchev–Trinajstić information content (AvgIpc) is 2.39. The number of carbonyl (C=O) groups excluding carboxylic acids is 1. The molecule has 0 saturated heterocycles. The maximum atomic E-state index is 13.2. The normalized spacial score (nSPS) is 10.2. The Labute approximate surface area is 106 Å². The molecule has 6 heteroatoms. The van der Waals surface area contributed by atoms with Crippen LogP contribution in [0.25, 0.3) is 0 Å². The molecule has 0 saturated carbocycles. The van der Waals surface area contributed by atoms with Crippen LogP contribution in [-0.2, 0) is 4.74 Å². The van der Waals surface area contributed by atoms with Crippen molar-refractivity contribution in [3.8, 4) is 0 Å². The van der Waals surface area contributed by atoms with Crippen molar-refractivity contribution in [1.29, 1.82) is 0 Å². The van der Waals surface area contributed by atoms with E-state index in [1.54, 1.807) is 19.1 Å². The van der Waals surface area contributed by atoms with E-state index in [9.17, 15) is 9.18 Å². The molecule has 0 atom stereocenters. The van der Waals surface area contributed by atoms with E-state index in [1.807, 2.05) is 6.92 Å². The van der Waals surface area contributed by atoms with E-state index in [1.165, 1.54) is 6.07 Å². The third-order valence-corrected chi connectivity index (χ3v) is 2.56. The molecule has 0 spiro atoms. The van der Waals surface area contributed by atoms with Crippen molar-refractivity contribution in [2.75, 3.05) is 39.2 Å². The monoisotopic (exact) mass is 255 g/mol. The van der Waals surface area contributed by atoms with Crippen molar-refractivity contribution in [2.45, 2.75) is 6.92 Å². The molecular weight excluding hydrogens is 237 g/mol. The first-order valence-electron chi connectivity index (χ1n) is 5.75. The molecule has 0 aliphatic carbocycles. The first kappa shape index (κ1) is 14.4. The highest BCUT2D eigenvalue weighted by Crippen LogP contribution is 2.15. The average molecular weight is 255 g/mol. The second-order valence-electron chi connectivity index (χ2n) is 3.68. The van der Waals surface area contributed by atoms with Gasteiger partial charge in [-0.25, -0.2) is 9.37 Å². The summed E-state index contributed by atoms with van der Waals surface area (Å²) in [6.45, 7) is 3.30. The Morgan fingerprint density at radius 1 is 1.61 bits per heavy atom. The van der Waals surface area contributed by atoms with Gasteiger partial charge in [-0.2, -0.15) is 0 Å². The molecule has 1 amide bonds. The summed E-state index contributed by atoms with van der Waals surface area (Å²) < 4.78 is 18.1. The molecular formula is C12H18FN3O2. The number of likely N-dealkylation sites (N-methyl/N-ethyl adjacent to an activating group) is 1. The number of methoxy groups -OCH3 is 1. The Bertz CT molecular complexity index is 412. The summed E-state index contributed by atoms with van der Waals surface area (Å²) in [5.74, 6) is -0.414. The molecule has 1 aromatic rings. The van der Waals surface area contributed by atoms with E-state index in [4.69, 9.17) is 4.74 Å². The number of nitrogens with one attached hydrogen (secondary N) is 1. The third-order valence-electron chi connectivity index (χ3n) is 2.56. The fraction of sp³-hybridized carbons (Fsp3) is 0.500. The number of carbonyl (C=O) groups is 1. The van der Waals surface area contributed by atoms with Crippen molar-refractivity contribution in [3.63, 3.8) is 0 Å². The van der Waals surface area contributed by atoms with Gasteiger partial charge < -0.3 is 15.0 Å². The topological polar surface area (TPSA) is 54.5 Å². The van der Waals surface area contributed by atoms with E-state index < -0.39 is 5.82 Å². The van der Waals surface area contributed by atoms with Gasteiger partial charge in [-0.15, -0.1) is 0 Å². The fourth-order valence-corrected chi connectivity index (χ4v) is 1.58. The van der Waals surface area contributed by atoms with E-state index in [2.05, 4.69) is 10.3 Å². The maximum absolute atomic E-state index is 13.2. The van der Waals surface area contributed by atoms with E-state index in [0.717, 1.165) is 6.20 Å². The molecule has 1 aromatic heterocycles. The minimum Gasteiger partial charge on any atom is -0.383 e. The summed E-state index contributed by atoms with van der Waals surface area (Å²) in [6.07, 6.45) is 1.08. The number of aromatic nitrogens is 1. The number of rotatable bonds is 6. The predicted octanol–water partition coefficient (Wildman–Crippen LogP) is 1.37. The minimum atomic E-state index is -0.528. The lowest BCUT2D eigenvalue weighted by Gasteiger charge is -2.21. The van der Waals surface area contributed by atoms with E-state index in [-0.39, 0.29) is 11.5 Å². The molecule has 1 heterocycles. The minimum absolute atomic E-state index is 0.232. The summed E-state index contributed by atoms with van der Waals surface area (Å²) in [7, 11) is 3.21. The van der Waals surface area contributed by atoms with Crippen LogP contribution >= 0.6 is 0 Å².